The zero-order chi connectivity index (χ0) is 12.6. The van der Waals surface area contributed by atoms with Gasteiger partial charge in [0.25, 0.3) is 0 Å². The highest BCUT2D eigenvalue weighted by atomic mass is 16.2. The second-order valence-electron chi connectivity index (χ2n) is 4.04. The van der Waals surface area contributed by atoms with Crippen LogP contribution in [0.15, 0.2) is 0 Å². The number of nitrogens with zero attached hydrogens (tertiary/aromatic N) is 1. The van der Waals surface area contributed by atoms with Crippen molar-refractivity contribution in [2.75, 3.05) is 27.2 Å². The quantitative estimate of drug-likeness (QED) is 0.603. The van der Waals surface area contributed by atoms with Gasteiger partial charge in [0.05, 0.1) is 12.6 Å². The smallest absolute Gasteiger partial charge is 0.236 e. The molecule has 1 atom stereocenters. The summed E-state index contributed by atoms with van der Waals surface area (Å²) in [5.41, 5.74) is 0. The Morgan fingerprint density at radius 1 is 1.31 bits per heavy atom. The van der Waals surface area contributed by atoms with Crippen molar-refractivity contribution in [3.05, 3.63) is 0 Å². The van der Waals surface area contributed by atoms with Crippen LogP contribution in [0.2, 0.25) is 0 Å². The minimum absolute atomic E-state index is 0.0341. The van der Waals surface area contributed by atoms with E-state index in [-0.39, 0.29) is 24.4 Å². The van der Waals surface area contributed by atoms with E-state index in [1.165, 1.54) is 4.90 Å². The van der Waals surface area contributed by atoms with Crippen LogP contribution in [-0.4, -0.2) is 49.9 Å². The Labute approximate surface area is 97.6 Å². The second-order valence-corrected chi connectivity index (χ2v) is 4.04. The number of hydrogen-bond donors (Lipinski definition) is 2. The summed E-state index contributed by atoms with van der Waals surface area (Å²) in [5, 5.41) is 5.70. The summed E-state index contributed by atoms with van der Waals surface area (Å²) in [6, 6.07) is -0.333. The van der Waals surface area contributed by atoms with Crippen molar-refractivity contribution in [3.8, 4) is 0 Å². The lowest BCUT2D eigenvalue weighted by molar-refractivity contribution is -0.128. The molecule has 0 radical (unpaired) electrons. The lowest BCUT2D eigenvalue weighted by Gasteiger charge is -2.15. The SMILES string of the molecule is CCCCNC(=O)C(C)NCC(=O)N(C)C. The number of unbranched alkanes of at least 4 members (excludes halogenated alkanes) is 1. The summed E-state index contributed by atoms with van der Waals surface area (Å²) in [7, 11) is 3.38. The molecule has 0 aromatic heterocycles. The van der Waals surface area contributed by atoms with Crippen molar-refractivity contribution < 1.29 is 9.59 Å². The molecule has 2 amide bonds. The molecule has 0 aromatic rings. The Morgan fingerprint density at radius 2 is 1.94 bits per heavy atom. The van der Waals surface area contributed by atoms with Crippen LogP contribution in [0.25, 0.3) is 0 Å². The molecule has 0 aromatic carbocycles. The Kier molecular flexibility index (Phi) is 7.54. The minimum Gasteiger partial charge on any atom is -0.355 e. The fourth-order valence-electron chi connectivity index (χ4n) is 1.03. The van der Waals surface area contributed by atoms with Gasteiger partial charge >= 0.3 is 0 Å². The van der Waals surface area contributed by atoms with Crippen molar-refractivity contribution in [1.29, 1.82) is 0 Å². The van der Waals surface area contributed by atoms with Crippen LogP contribution in [0.3, 0.4) is 0 Å². The van der Waals surface area contributed by atoms with Crippen molar-refractivity contribution >= 4 is 11.8 Å². The van der Waals surface area contributed by atoms with Gasteiger partial charge in [-0.05, 0) is 13.3 Å². The number of nitrogens with one attached hydrogen (secondary N) is 2. The van der Waals surface area contributed by atoms with Gasteiger partial charge in [-0.1, -0.05) is 13.3 Å². The molecule has 16 heavy (non-hydrogen) atoms. The predicted octanol–water partition coefficient (Wildman–Crippen LogP) is -0.0310. The number of carbonyl (C=O) groups excluding carboxylic acids is 2. The Bertz CT molecular complexity index is 229. The molecular formula is C11H23N3O2. The fourth-order valence-corrected chi connectivity index (χ4v) is 1.03. The highest BCUT2D eigenvalue weighted by molar-refractivity contribution is 5.83. The first-order valence-corrected chi connectivity index (χ1v) is 5.70. The summed E-state index contributed by atoms with van der Waals surface area (Å²) in [5.74, 6) is -0.0896. The summed E-state index contributed by atoms with van der Waals surface area (Å²) in [4.78, 5) is 24.3. The molecule has 0 rings (SSSR count). The molecule has 0 heterocycles. The van der Waals surface area contributed by atoms with E-state index in [1.807, 2.05) is 0 Å². The normalized spacial score (nSPS) is 12.0. The van der Waals surface area contributed by atoms with Gasteiger partial charge in [0.2, 0.25) is 11.8 Å². The highest BCUT2D eigenvalue weighted by Gasteiger charge is 2.13. The third-order valence-electron chi connectivity index (χ3n) is 2.28. The first-order chi connectivity index (χ1) is 7.49. The third kappa shape index (κ3) is 6.40. The third-order valence-corrected chi connectivity index (χ3v) is 2.28. The fraction of sp³-hybridized carbons (Fsp3) is 0.818. The van der Waals surface area contributed by atoms with Crippen molar-refractivity contribution in [1.82, 2.24) is 15.5 Å². The number of likely N-dealkylation sites (N-methyl/N-ethyl adjacent to an activating group) is 1. The maximum Gasteiger partial charge on any atom is 0.236 e. The number of hydrogen-bond acceptors (Lipinski definition) is 3. The number of rotatable bonds is 7. The molecular weight excluding hydrogens is 206 g/mol. The molecule has 0 aliphatic rings. The van der Waals surface area contributed by atoms with Crippen LogP contribution < -0.4 is 10.6 Å². The van der Waals surface area contributed by atoms with E-state index in [2.05, 4.69) is 17.6 Å². The molecule has 5 nitrogen and oxygen atoms in total. The molecule has 0 bridgehead atoms. The van der Waals surface area contributed by atoms with Crippen LogP contribution in [0.4, 0.5) is 0 Å². The predicted molar refractivity (Wildman–Crippen MR) is 64.1 cm³/mol. The van der Waals surface area contributed by atoms with Gasteiger partial charge in [-0.15, -0.1) is 0 Å². The Balaban J connectivity index is 3.75. The lowest BCUT2D eigenvalue weighted by atomic mass is 10.3. The second kappa shape index (κ2) is 8.10. The van der Waals surface area contributed by atoms with E-state index < -0.39 is 0 Å². The Morgan fingerprint density at radius 3 is 2.44 bits per heavy atom. The van der Waals surface area contributed by atoms with E-state index in [9.17, 15) is 9.59 Å². The zero-order valence-corrected chi connectivity index (χ0v) is 10.7. The summed E-state index contributed by atoms with van der Waals surface area (Å²) < 4.78 is 0. The van der Waals surface area contributed by atoms with Crippen LogP contribution in [0.5, 0.6) is 0 Å². The van der Waals surface area contributed by atoms with Crippen LogP contribution in [0.1, 0.15) is 26.7 Å². The van der Waals surface area contributed by atoms with E-state index in [1.54, 1.807) is 21.0 Å². The highest BCUT2D eigenvalue weighted by Crippen LogP contribution is 1.86. The number of carbonyl (C=O) groups is 2. The molecule has 0 saturated heterocycles. The van der Waals surface area contributed by atoms with E-state index in [0.29, 0.717) is 6.54 Å². The van der Waals surface area contributed by atoms with Gasteiger partial charge in [-0.3, -0.25) is 14.9 Å². The average Bonchev–Trinajstić information content (AvgIpc) is 2.25. The molecule has 94 valence electrons. The van der Waals surface area contributed by atoms with Gasteiger partial charge in [0, 0.05) is 20.6 Å². The average molecular weight is 229 g/mol. The molecule has 0 saturated carbocycles. The molecule has 0 fully saturated rings. The maximum atomic E-state index is 11.5. The molecule has 1 unspecified atom stereocenters. The minimum atomic E-state index is -0.333. The van der Waals surface area contributed by atoms with Gasteiger partial charge in [-0.2, -0.15) is 0 Å². The molecule has 0 aliphatic heterocycles. The summed E-state index contributed by atoms with van der Waals surface area (Å²) in [6.45, 7) is 4.71. The van der Waals surface area contributed by atoms with Gasteiger partial charge in [0.15, 0.2) is 0 Å². The molecule has 0 aliphatic carbocycles. The largest absolute Gasteiger partial charge is 0.355 e. The van der Waals surface area contributed by atoms with Crippen molar-refractivity contribution in [2.45, 2.75) is 32.7 Å². The van der Waals surface area contributed by atoms with Crippen LogP contribution >= 0.6 is 0 Å². The lowest BCUT2D eigenvalue weighted by Crippen LogP contribution is -2.46. The Hall–Kier alpha value is -1.10. The van der Waals surface area contributed by atoms with Gasteiger partial charge < -0.3 is 10.2 Å². The first-order valence-electron chi connectivity index (χ1n) is 5.70. The van der Waals surface area contributed by atoms with Gasteiger partial charge in [0.1, 0.15) is 0 Å². The van der Waals surface area contributed by atoms with Crippen LogP contribution in [-0.2, 0) is 9.59 Å². The molecule has 5 heteroatoms. The molecule has 2 N–H and O–H groups in total. The monoisotopic (exact) mass is 229 g/mol. The topological polar surface area (TPSA) is 61.4 Å². The summed E-state index contributed by atoms with van der Waals surface area (Å²) >= 11 is 0. The van der Waals surface area contributed by atoms with Crippen LogP contribution in [0, 0.1) is 0 Å². The van der Waals surface area contributed by atoms with E-state index >= 15 is 0 Å². The maximum absolute atomic E-state index is 11.5. The van der Waals surface area contributed by atoms with Crippen molar-refractivity contribution in [2.24, 2.45) is 0 Å². The van der Waals surface area contributed by atoms with Gasteiger partial charge in [-0.25, -0.2) is 0 Å². The number of amides is 2. The molecule has 0 spiro atoms. The van der Waals surface area contributed by atoms with E-state index in [4.69, 9.17) is 0 Å². The first kappa shape index (κ1) is 14.9. The van der Waals surface area contributed by atoms with E-state index in [0.717, 1.165) is 12.8 Å². The summed E-state index contributed by atoms with van der Waals surface area (Å²) in [6.07, 6.45) is 2.04. The van der Waals surface area contributed by atoms with Crippen molar-refractivity contribution in [3.63, 3.8) is 0 Å². The standard InChI is InChI=1S/C11H23N3O2/c1-5-6-7-12-11(16)9(2)13-8-10(15)14(3)4/h9,13H,5-8H2,1-4H3,(H,12,16). The zero-order valence-electron chi connectivity index (χ0n) is 10.7.